The van der Waals surface area contributed by atoms with Crippen molar-refractivity contribution < 1.29 is 41.3 Å². The molecule has 2 aromatic carbocycles. The van der Waals surface area contributed by atoms with Crippen LogP contribution in [-0.2, 0) is 11.7 Å². The van der Waals surface area contributed by atoms with E-state index in [4.69, 9.17) is 16.3 Å². The van der Waals surface area contributed by atoms with Gasteiger partial charge >= 0.3 is 11.8 Å². The Morgan fingerprint density at radius 3 is 2.23 bits per heavy atom. The molecule has 3 nitrogen and oxygen atoms in total. The van der Waals surface area contributed by atoms with Gasteiger partial charge in [-0.15, -0.1) is 0 Å². The van der Waals surface area contributed by atoms with E-state index in [1.165, 1.54) is 24.3 Å². The summed E-state index contributed by atoms with van der Waals surface area (Å²) in [5.41, 5.74) is -4.76. The van der Waals surface area contributed by atoms with Gasteiger partial charge in [-0.2, -0.15) is 17.6 Å². The number of aliphatic hydroxyl groups is 2. The van der Waals surface area contributed by atoms with Gasteiger partial charge in [0, 0.05) is 16.1 Å². The Bertz CT molecular complexity index is 869. The first-order valence-corrected chi connectivity index (χ1v) is 7.39. The lowest BCUT2D eigenvalue weighted by Gasteiger charge is -2.28. The molecule has 1 aliphatic carbocycles. The summed E-state index contributed by atoms with van der Waals surface area (Å²) in [5, 5.41) is 19.3. The molecule has 26 heavy (non-hydrogen) atoms. The maximum atomic E-state index is 13.9. The van der Waals surface area contributed by atoms with Gasteiger partial charge in [-0.25, -0.2) is 8.78 Å². The van der Waals surface area contributed by atoms with Gasteiger partial charge in [-0.05, 0) is 30.3 Å². The molecule has 140 valence electrons. The molecule has 0 radical (unpaired) electrons. The molecular formula is C16H9ClF6O3. The van der Waals surface area contributed by atoms with Crippen molar-refractivity contribution in [2.45, 2.75) is 24.1 Å². The Balaban J connectivity index is 2.23. The van der Waals surface area contributed by atoms with Gasteiger partial charge in [0.15, 0.2) is 0 Å². The van der Waals surface area contributed by atoms with Gasteiger partial charge in [0.1, 0.15) is 11.5 Å². The highest BCUT2D eigenvalue weighted by molar-refractivity contribution is 6.30. The molecule has 0 heterocycles. The number of benzene rings is 2. The molecule has 0 amide bonds. The lowest BCUT2D eigenvalue weighted by atomic mass is 9.98. The molecule has 1 aliphatic rings. The minimum Gasteiger partial charge on any atom is -0.457 e. The predicted molar refractivity (Wildman–Crippen MR) is 77.9 cm³/mol. The Morgan fingerprint density at radius 2 is 1.65 bits per heavy atom. The second-order valence-corrected chi connectivity index (χ2v) is 6.02. The molecule has 0 saturated heterocycles. The fraction of sp³-hybridized carbons (Fsp3) is 0.250. The van der Waals surface area contributed by atoms with Crippen molar-refractivity contribution in [2.75, 3.05) is 0 Å². The van der Waals surface area contributed by atoms with Crippen molar-refractivity contribution in [3.63, 3.8) is 0 Å². The monoisotopic (exact) mass is 398 g/mol. The highest BCUT2D eigenvalue weighted by atomic mass is 35.5. The van der Waals surface area contributed by atoms with Gasteiger partial charge in [-0.3, -0.25) is 0 Å². The third-order valence-electron chi connectivity index (χ3n) is 3.97. The summed E-state index contributed by atoms with van der Waals surface area (Å²) in [6.45, 7) is 0. The van der Waals surface area contributed by atoms with E-state index in [9.17, 15) is 36.6 Å². The number of alkyl halides is 6. The first-order valence-electron chi connectivity index (χ1n) is 7.01. The first-order chi connectivity index (χ1) is 11.9. The SMILES string of the molecule is OC1(O)c2c(ccc(Oc3cccc(Cl)c3)c2C(F)F)C(F)(F)C1(F)F. The van der Waals surface area contributed by atoms with E-state index in [1.807, 2.05) is 0 Å². The minimum absolute atomic E-state index is 0.0858. The summed E-state index contributed by atoms with van der Waals surface area (Å²) < 4.78 is 87.5. The van der Waals surface area contributed by atoms with E-state index in [2.05, 4.69) is 0 Å². The maximum absolute atomic E-state index is 13.9. The van der Waals surface area contributed by atoms with Crippen LogP contribution >= 0.6 is 11.6 Å². The average Bonchev–Trinajstić information content (AvgIpc) is 2.63. The van der Waals surface area contributed by atoms with Crippen LogP contribution in [0, 0.1) is 0 Å². The maximum Gasteiger partial charge on any atom is 0.371 e. The fourth-order valence-corrected chi connectivity index (χ4v) is 2.93. The second-order valence-electron chi connectivity index (χ2n) is 5.58. The number of rotatable bonds is 3. The molecule has 2 N–H and O–H groups in total. The van der Waals surface area contributed by atoms with Crippen LogP contribution in [0.3, 0.4) is 0 Å². The van der Waals surface area contributed by atoms with E-state index in [-0.39, 0.29) is 10.8 Å². The molecule has 0 atom stereocenters. The molecular weight excluding hydrogens is 390 g/mol. The Hall–Kier alpha value is -1.97. The van der Waals surface area contributed by atoms with E-state index in [0.717, 1.165) is 0 Å². The van der Waals surface area contributed by atoms with E-state index >= 15 is 0 Å². The predicted octanol–water partition coefficient (Wildman–Crippen LogP) is 4.95. The molecule has 0 bridgehead atoms. The zero-order valence-corrected chi connectivity index (χ0v) is 13.2. The van der Waals surface area contributed by atoms with Crippen molar-refractivity contribution in [1.29, 1.82) is 0 Å². The van der Waals surface area contributed by atoms with Gasteiger partial charge in [0.05, 0.1) is 5.56 Å². The van der Waals surface area contributed by atoms with Crippen LogP contribution in [0.25, 0.3) is 0 Å². The molecule has 0 unspecified atom stereocenters. The number of hydrogen-bond acceptors (Lipinski definition) is 3. The van der Waals surface area contributed by atoms with Crippen molar-refractivity contribution >= 4 is 11.6 Å². The number of fused-ring (bicyclic) bond motifs is 1. The van der Waals surface area contributed by atoms with Crippen LogP contribution in [0.2, 0.25) is 5.02 Å². The number of halogens is 7. The smallest absolute Gasteiger partial charge is 0.371 e. The lowest BCUT2D eigenvalue weighted by molar-refractivity contribution is -0.358. The Morgan fingerprint density at radius 1 is 1.00 bits per heavy atom. The van der Waals surface area contributed by atoms with Crippen LogP contribution in [0.1, 0.15) is 23.1 Å². The van der Waals surface area contributed by atoms with Crippen LogP contribution in [-0.4, -0.2) is 16.1 Å². The van der Waals surface area contributed by atoms with E-state index in [0.29, 0.717) is 12.1 Å². The molecule has 2 aromatic rings. The van der Waals surface area contributed by atoms with Crippen LogP contribution < -0.4 is 4.74 Å². The zero-order chi connectivity index (χ0) is 19.5. The summed E-state index contributed by atoms with van der Waals surface area (Å²) in [4.78, 5) is 0. The van der Waals surface area contributed by atoms with Crippen molar-refractivity contribution in [1.82, 2.24) is 0 Å². The average molecular weight is 399 g/mol. The van der Waals surface area contributed by atoms with Crippen molar-refractivity contribution in [3.05, 3.63) is 58.1 Å². The zero-order valence-electron chi connectivity index (χ0n) is 12.5. The van der Waals surface area contributed by atoms with E-state index in [1.54, 1.807) is 0 Å². The molecule has 0 aliphatic heterocycles. The molecule has 0 spiro atoms. The number of hydrogen-bond donors (Lipinski definition) is 2. The summed E-state index contributed by atoms with van der Waals surface area (Å²) >= 11 is 5.72. The number of ether oxygens (including phenoxy) is 1. The van der Waals surface area contributed by atoms with Crippen LogP contribution in [0.5, 0.6) is 11.5 Å². The van der Waals surface area contributed by atoms with Crippen LogP contribution in [0.4, 0.5) is 26.3 Å². The van der Waals surface area contributed by atoms with Gasteiger partial charge < -0.3 is 14.9 Å². The normalized spacial score (nSPS) is 19.5. The highest BCUT2D eigenvalue weighted by Crippen LogP contribution is 2.62. The quantitative estimate of drug-likeness (QED) is 0.568. The van der Waals surface area contributed by atoms with Crippen molar-refractivity contribution in [2.24, 2.45) is 0 Å². The molecule has 10 heteroatoms. The Kier molecular flexibility index (Phi) is 4.17. The second kappa shape index (κ2) is 5.77. The highest BCUT2D eigenvalue weighted by Gasteiger charge is 2.77. The van der Waals surface area contributed by atoms with Gasteiger partial charge in [0.25, 0.3) is 12.2 Å². The van der Waals surface area contributed by atoms with Gasteiger partial charge in [0.2, 0.25) is 0 Å². The fourth-order valence-electron chi connectivity index (χ4n) is 2.75. The lowest BCUT2D eigenvalue weighted by Crippen LogP contribution is -2.49. The largest absolute Gasteiger partial charge is 0.457 e. The summed E-state index contributed by atoms with van der Waals surface area (Å²) in [7, 11) is 0. The molecule has 0 fully saturated rings. The topological polar surface area (TPSA) is 49.7 Å². The van der Waals surface area contributed by atoms with Crippen LogP contribution in [0.15, 0.2) is 36.4 Å². The summed E-state index contributed by atoms with van der Waals surface area (Å²) in [5.74, 6) is -15.9. The first kappa shape index (κ1) is 18.8. The third-order valence-corrected chi connectivity index (χ3v) is 4.20. The molecule has 3 rings (SSSR count). The Labute approximate surface area is 147 Å². The molecule has 0 saturated carbocycles. The van der Waals surface area contributed by atoms with Crippen molar-refractivity contribution in [3.8, 4) is 11.5 Å². The molecule has 0 aromatic heterocycles. The van der Waals surface area contributed by atoms with Gasteiger partial charge in [-0.1, -0.05) is 17.7 Å². The standard InChI is InChI=1S/C16H9ClF6O3/c17-7-2-1-3-8(6-7)26-10-5-4-9-12(11(10)13(18)19)15(24,25)16(22,23)14(9,20)21/h1-6,13,24-25H. The summed E-state index contributed by atoms with van der Waals surface area (Å²) in [6.07, 6.45) is -3.61. The minimum atomic E-state index is -5.42. The third kappa shape index (κ3) is 2.45. The summed E-state index contributed by atoms with van der Waals surface area (Å²) in [6, 6.07) is 6.37. The van der Waals surface area contributed by atoms with E-state index < -0.39 is 46.5 Å².